The van der Waals surface area contributed by atoms with Gasteiger partial charge in [0.05, 0.1) is 44.2 Å². The van der Waals surface area contributed by atoms with Crippen LogP contribution in [0.3, 0.4) is 0 Å². The molecule has 1 aromatic heterocycles. The van der Waals surface area contributed by atoms with Crippen molar-refractivity contribution in [2.24, 2.45) is 0 Å². The Kier molecular flexibility index (Phi) is 5.22. The van der Waals surface area contributed by atoms with Crippen LogP contribution in [0.5, 0.6) is 0 Å². The van der Waals surface area contributed by atoms with Crippen molar-refractivity contribution in [1.82, 2.24) is 4.98 Å². The smallest absolute Gasteiger partial charge is 0.305 e. The molecule has 5 nitrogen and oxygen atoms in total. The second-order valence-electron chi connectivity index (χ2n) is 6.08. The molecule has 3 aromatic rings. The van der Waals surface area contributed by atoms with E-state index in [0.29, 0.717) is 31.2 Å². The summed E-state index contributed by atoms with van der Waals surface area (Å²) >= 11 is 14.7. The van der Waals surface area contributed by atoms with Crippen molar-refractivity contribution >= 4 is 74.1 Å². The molecule has 28 heavy (non-hydrogen) atoms. The van der Waals surface area contributed by atoms with Crippen molar-refractivity contribution in [3.05, 3.63) is 51.2 Å². The normalized spacial score (nSPS) is 16.5. The maximum Gasteiger partial charge on any atom is 0.305 e. The van der Waals surface area contributed by atoms with E-state index in [9.17, 15) is 14.0 Å². The summed E-state index contributed by atoms with van der Waals surface area (Å²) in [5, 5.41) is 9.59. The molecule has 0 saturated carbocycles. The van der Waals surface area contributed by atoms with Crippen LogP contribution in [0, 0.1) is 5.82 Å². The molecule has 1 aliphatic rings. The zero-order chi connectivity index (χ0) is 20.0. The van der Waals surface area contributed by atoms with Crippen LogP contribution in [0.2, 0.25) is 10.0 Å². The number of halogens is 3. The van der Waals surface area contributed by atoms with E-state index >= 15 is 0 Å². The third-order valence-corrected chi connectivity index (χ3v) is 7.13. The molecule has 0 radical (unpaired) electrons. The predicted molar refractivity (Wildman–Crippen MR) is 109 cm³/mol. The van der Waals surface area contributed by atoms with E-state index in [0.717, 1.165) is 16.5 Å². The number of carboxylic acid groups (broad SMARTS) is 1. The van der Waals surface area contributed by atoms with E-state index in [1.54, 1.807) is 18.2 Å². The van der Waals surface area contributed by atoms with Gasteiger partial charge >= 0.3 is 5.97 Å². The summed E-state index contributed by atoms with van der Waals surface area (Å²) in [5.41, 5.74) is 1.06. The molecule has 144 valence electrons. The molecule has 1 unspecified atom stereocenters. The van der Waals surface area contributed by atoms with Gasteiger partial charge in [0.2, 0.25) is 5.91 Å². The fourth-order valence-electron chi connectivity index (χ4n) is 2.92. The number of rotatable bonds is 4. The standard InChI is InChI=1S/C18H11Cl2FN2O3S2/c19-9-4-12-14(5-10(9)20)27-15(6-17(24)25)18(26)23(12)7-16-22-11-3-8(21)1-2-13(11)28-16/h1-5,15H,6-7H2,(H,24,25). The number of benzene rings is 2. The first-order chi connectivity index (χ1) is 13.3. The number of carbonyl (C=O) groups excluding carboxylic acids is 1. The van der Waals surface area contributed by atoms with Crippen molar-refractivity contribution < 1.29 is 19.1 Å². The lowest BCUT2D eigenvalue weighted by atomic mass is 10.2. The Balaban J connectivity index is 1.75. The highest BCUT2D eigenvalue weighted by molar-refractivity contribution is 8.01. The zero-order valence-electron chi connectivity index (χ0n) is 14.0. The van der Waals surface area contributed by atoms with Crippen LogP contribution in [-0.4, -0.2) is 27.2 Å². The first-order valence-electron chi connectivity index (χ1n) is 8.05. The summed E-state index contributed by atoms with van der Waals surface area (Å²) in [5.74, 6) is -1.79. The predicted octanol–water partition coefficient (Wildman–Crippen LogP) is 5.22. The van der Waals surface area contributed by atoms with Crippen molar-refractivity contribution in [2.45, 2.75) is 23.1 Å². The third-order valence-electron chi connectivity index (χ3n) is 4.15. The maximum absolute atomic E-state index is 13.4. The van der Waals surface area contributed by atoms with Gasteiger partial charge in [0.25, 0.3) is 0 Å². The molecule has 2 aromatic carbocycles. The Bertz CT molecular complexity index is 1120. The van der Waals surface area contributed by atoms with Crippen molar-refractivity contribution in [3.8, 4) is 0 Å². The SMILES string of the molecule is O=C(O)CC1Sc2cc(Cl)c(Cl)cc2N(Cc2nc3cc(F)ccc3s2)C1=O. The highest BCUT2D eigenvalue weighted by Crippen LogP contribution is 2.44. The van der Waals surface area contributed by atoms with Crippen LogP contribution in [0.1, 0.15) is 11.4 Å². The summed E-state index contributed by atoms with van der Waals surface area (Å²) in [7, 11) is 0. The second kappa shape index (κ2) is 7.51. The summed E-state index contributed by atoms with van der Waals surface area (Å²) in [6, 6.07) is 7.55. The van der Waals surface area contributed by atoms with Gasteiger partial charge in [0, 0.05) is 11.0 Å². The molecule has 0 spiro atoms. The molecule has 0 bridgehead atoms. The van der Waals surface area contributed by atoms with E-state index in [1.165, 1.54) is 28.4 Å². The minimum atomic E-state index is -1.07. The van der Waals surface area contributed by atoms with E-state index in [-0.39, 0.29) is 24.7 Å². The summed E-state index contributed by atoms with van der Waals surface area (Å²) in [6.45, 7) is 0.126. The van der Waals surface area contributed by atoms with Crippen molar-refractivity contribution in [1.29, 1.82) is 0 Å². The number of carboxylic acids is 1. The highest BCUT2D eigenvalue weighted by Gasteiger charge is 2.36. The van der Waals surface area contributed by atoms with E-state index in [2.05, 4.69) is 4.98 Å². The summed E-state index contributed by atoms with van der Waals surface area (Å²) in [6.07, 6.45) is -0.315. The van der Waals surface area contributed by atoms with Crippen LogP contribution in [0.4, 0.5) is 10.1 Å². The second-order valence-corrected chi connectivity index (χ2v) is 9.26. The van der Waals surface area contributed by atoms with Gasteiger partial charge < -0.3 is 10.0 Å². The Hall–Kier alpha value is -1.87. The van der Waals surface area contributed by atoms with Gasteiger partial charge in [-0.1, -0.05) is 23.2 Å². The number of anilines is 1. The average Bonchev–Trinajstić information content (AvgIpc) is 3.01. The fourth-order valence-corrected chi connectivity index (χ4v) is 5.48. The quantitative estimate of drug-likeness (QED) is 0.582. The number of fused-ring (bicyclic) bond motifs is 2. The van der Waals surface area contributed by atoms with Gasteiger partial charge in [-0.25, -0.2) is 9.37 Å². The highest BCUT2D eigenvalue weighted by atomic mass is 35.5. The molecule has 10 heteroatoms. The van der Waals surface area contributed by atoms with Crippen LogP contribution < -0.4 is 4.90 Å². The van der Waals surface area contributed by atoms with Crippen LogP contribution in [0.25, 0.3) is 10.2 Å². The van der Waals surface area contributed by atoms with Gasteiger partial charge in [-0.05, 0) is 24.3 Å². The molecule has 0 aliphatic carbocycles. The number of aliphatic carboxylic acids is 1. The Morgan fingerprint density at radius 1 is 1.25 bits per heavy atom. The van der Waals surface area contributed by atoms with E-state index < -0.39 is 11.2 Å². The first-order valence-corrected chi connectivity index (χ1v) is 10.5. The molecule has 0 saturated heterocycles. The number of nitrogens with zero attached hydrogens (tertiary/aromatic N) is 2. The molecular formula is C18H11Cl2FN2O3S2. The molecule has 1 atom stereocenters. The Morgan fingerprint density at radius 3 is 2.75 bits per heavy atom. The lowest BCUT2D eigenvalue weighted by molar-refractivity contribution is -0.138. The fraction of sp³-hybridized carbons (Fsp3) is 0.167. The van der Waals surface area contributed by atoms with Gasteiger partial charge in [0.15, 0.2) is 0 Å². The minimum absolute atomic E-state index is 0.126. The van der Waals surface area contributed by atoms with Crippen LogP contribution in [0.15, 0.2) is 35.2 Å². The molecule has 2 heterocycles. The van der Waals surface area contributed by atoms with E-state index in [1.807, 2.05) is 0 Å². The van der Waals surface area contributed by atoms with Gasteiger partial charge in [-0.2, -0.15) is 0 Å². The zero-order valence-corrected chi connectivity index (χ0v) is 17.1. The first kappa shape index (κ1) is 19.4. The Morgan fingerprint density at radius 2 is 2.00 bits per heavy atom. The molecule has 1 amide bonds. The topological polar surface area (TPSA) is 70.5 Å². The number of amides is 1. The number of carbonyl (C=O) groups is 2. The Labute approximate surface area is 177 Å². The van der Waals surface area contributed by atoms with Gasteiger partial charge in [-0.3, -0.25) is 9.59 Å². The largest absolute Gasteiger partial charge is 0.481 e. The lowest BCUT2D eigenvalue weighted by Crippen LogP contribution is -2.41. The molecule has 1 aliphatic heterocycles. The lowest BCUT2D eigenvalue weighted by Gasteiger charge is -2.33. The number of aromatic nitrogens is 1. The number of thioether (sulfide) groups is 1. The molecule has 0 fully saturated rings. The summed E-state index contributed by atoms with van der Waals surface area (Å²) in [4.78, 5) is 30.7. The molecular weight excluding hydrogens is 446 g/mol. The monoisotopic (exact) mass is 456 g/mol. The minimum Gasteiger partial charge on any atom is -0.481 e. The van der Waals surface area contributed by atoms with Crippen LogP contribution >= 0.6 is 46.3 Å². The van der Waals surface area contributed by atoms with Gasteiger partial charge in [-0.15, -0.1) is 23.1 Å². The summed E-state index contributed by atoms with van der Waals surface area (Å²) < 4.78 is 14.2. The van der Waals surface area contributed by atoms with Gasteiger partial charge in [0.1, 0.15) is 10.8 Å². The molecule has 4 rings (SSSR count). The van der Waals surface area contributed by atoms with E-state index in [4.69, 9.17) is 28.3 Å². The maximum atomic E-state index is 13.4. The number of hydrogen-bond acceptors (Lipinski definition) is 5. The third kappa shape index (κ3) is 3.69. The average molecular weight is 457 g/mol. The number of hydrogen-bond donors (Lipinski definition) is 1. The number of thiazole rings is 1. The molecule has 1 N–H and O–H groups in total. The van der Waals surface area contributed by atoms with Crippen molar-refractivity contribution in [3.63, 3.8) is 0 Å². The van der Waals surface area contributed by atoms with Crippen LogP contribution in [-0.2, 0) is 16.1 Å². The van der Waals surface area contributed by atoms with Crippen molar-refractivity contribution in [2.75, 3.05) is 4.90 Å².